The van der Waals surface area contributed by atoms with Crippen molar-refractivity contribution in [1.29, 1.82) is 0 Å². The summed E-state index contributed by atoms with van der Waals surface area (Å²) < 4.78 is 1.88. The molecule has 1 aromatic heterocycles. The second kappa shape index (κ2) is 5.16. The Hall–Kier alpha value is -0.540. The summed E-state index contributed by atoms with van der Waals surface area (Å²) in [6, 6.07) is 2.02. The number of nitrogens with zero attached hydrogens (tertiary/aromatic N) is 2. The molecule has 1 heterocycles. The van der Waals surface area contributed by atoms with E-state index in [2.05, 4.69) is 17.3 Å². The van der Waals surface area contributed by atoms with Crippen LogP contribution in [0.4, 0.5) is 0 Å². The van der Waals surface area contributed by atoms with Crippen molar-refractivity contribution in [3.8, 4) is 0 Å². The van der Waals surface area contributed by atoms with Crippen LogP contribution in [0.25, 0.3) is 0 Å². The lowest BCUT2D eigenvalue weighted by Crippen LogP contribution is -2.14. The molecule has 1 aromatic rings. The maximum atomic E-state index is 4.05. The molecule has 1 N–H and O–H groups in total. The Kier molecular flexibility index (Phi) is 4.90. The summed E-state index contributed by atoms with van der Waals surface area (Å²) >= 11 is 0. The third kappa shape index (κ3) is 2.91. The topological polar surface area (TPSA) is 29.9 Å². The van der Waals surface area contributed by atoms with E-state index in [-0.39, 0.29) is 12.4 Å². The van der Waals surface area contributed by atoms with Crippen molar-refractivity contribution in [2.45, 2.75) is 13.5 Å². The highest BCUT2D eigenvalue weighted by Crippen LogP contribution is 1.93. The molecule has 11 heavy (non-hydrogen) atoms. The lowest BCUT2D eigenvalue weighted by molar-refractivity contribution is 0.643. The highest BCUT2D eigenvalue weighted by molar-refractivity contribution is 5.85. The van der Waals surface area contributed by atoms with Gasteiger partial charge in [-0.3, -0.25) is 4.68 Å². The summed E-state index contributed by atoms with van der Waals surface area (Å²) in [5.41, 5.74) is 1.22. The van der Waals surface area contributed by atoms with Crippen LogP contribution in [0, 0.1) is 0 Å². The van der Waals surface area contributed by atoms with E-state index in [0.717, 1.165) is 13.1 Å². The maximum absolute atomic E-state index is 4.05. The molecule has 0 aromatic carbocycles. The number of nitrogens with one attached hydrogen (secondary N) is 1. The fourth-order valence-corrected chi connectivity index (χ4v) is 0.828. The second-order valence-corrected chi connectivity index (χ2v) is 2.23. The Morgan fingerprint density at radius 3 is 2.82 bits per heavy atom. The predicted octanol–water partition coefficient (Wildman–Crippen LogP) is 0.951. The van der Waals surface area contributed by atoms with Gasteiger partial charge in [0.15, 0.2) is 0 Å². The van der Waals surface area contributed by atoms with Crippen LogP contribution < -0.4 is 5.32 Å². The first-order chi connectivity index (χ1) is 4.84. The van der Waals surface area contributed by atoms with Crippen molar-refractivity contribution in [3.05, 3.63) is 18.0 Å². The first-order valence-electron chi connectivity index (χ1n) is 3.52. The van der Waals surface area contributed by atoms with Gasteiger partial charge in [0.05, 0.1) is 5.69 Å². The number of rotatable bonds is 3. The van der Waals surface area contributed by atoms with Crippen molar-refractivity contribution in [1.82, 2.24) is 15.1 Å². The fourth-order valence-electron chi connectivity index (χ4n) is 0.828. The van der Waals surface area contributed by atoms with Crippen LogP contribution in [0.3, 0.4) is 0 Å². The van der Waals surface area contributed by atoms with E-state index in [9.17, 15) is 0 Å². The van der Waals surface area contributed by atoms with Gasteiger partial charge in [0, 0.05) is 19.8 Å². The minimum absolute atomic E-state index is 0. The fraction of sp³-hybridized carbons (Fsp3) is 0.571. The van der Waals surface area contributed by atoms with E-state index in [1.807, 2.05) is 24.0 Å². The minimum atomic E-state index is 0. The van der Waals surface area contributed by atoms with Gasteiger partial charge in [-0.1, -0.05) is 6.92 Å². The van der Waals surface area contributed by atoms with Gasteiger partial charge >= 0.3 is 0 Å². The molecule has 0 atom stereocenters. The Morgan fingerprint density at radius 1 is 1.64 bits per heavy atom. The Bertz CT molecular complexity index is 197. The van der Waals surface area contributed by atoms with Crippen LogP contribution in [-0.2, 0) is 13.6 Å². The van der Waals surface area contributed by atoms with Gasteiger partial charge < -0.3 is 5.32 Å². The molecule has 0 unspecified atom stereocenters. The molecule has 1 rings (SSSR count). The zero-order chi connectivity index (χ0) is 7.40. The van der Waals surface area contributed by atoms with E-state index in [1.54, 1.807) is 0 Å². The average Bonchev–Trinajstić information content (AvgIpc) is 2.31. The smallest absolute Gasteiger partial charge is 0.0518 e. The molecular weight excluding hydrogens is 162 g/mol. The van der Waals surface area contributed by atoms with Crippen LogP contribution in [0.15, 0.2) is 12.3 Å². The molecular formula is C7H14ClN3. The van der Waals surface area contributed by atoms with Crippen LogP contribution in [0.1, 0.15) is 12.6 Å². The van der Waals surface area contributed by atoms with Crippen molar-refractivity contribution >= 4 is 12.4 Å². The molecule has 0 saturated carbocycles. The Labute approximate surface area is 73.2 Å². The highest BCUT2D eigenvalue weighted by atomic mass is 35.5. The van der Waals surface area contributed by atoms with Gasteiger partial charge in [0.2, 0.25) is 0 Å². The lowest BCUT2D eigenvalue weighted by atomic mass is 10.4. The van der Waals surface area contributed by atoms with Crippen LogP contribution in [0.2, 0.25) is 0 Å². The lowest BCUT2D eigenvalue weighted by Gasteiger charge is -2.00. The first kappa shape index (κ1) is 10.5. The normalized spacial score (nSPS) is 9.27. The maximum Gasteiger partial charge on any atom is 0.0518 e. The monoisotopic (exact) mass is 175 g/mol. The van der Waals surface area contributed by atoms with Gasteiger partial charge in [-0.25, -0.2) is 0 Å². The zero-order valence-corrected chi connectivity index (χ0v) is 7.69. The van der Waals surface area contributed by atoms with Crippen LogP contribution in [0.5, 0.6) is 0 Å². The van der Waals surface area contributed by atoms with Gasteiger partial charge in [0.1, 0.15) is 0 Å². The molecule has 0 aliphatic carbocycles. The number of hydrogen-bond donors (Lipinski definition) is 1. The number of aryl methyl sites for hydroxylation is 1. The third-order valence-corrected chi connectivity index (χ3v) is 1.48. The minimum Gasteiger partial charge on any atom is -0.311 e. The Balaban J connectivity index is 0.000001000. The quantitative estimate of drug-likeness (QED) is 0.742. The molecule has 0 amide bonds. The summed E-state index contributed by atoms with van der Waals surface area (Å²) in [7, 11) is 1.95. The largest absolute Gasteiger partial charge is 0.311 e. The van der Waals surface area contributed by atoms with Crippen molar-refractivity contribution in [3.63, 3.8) is 0 Å². The first-order valence-corrected chi connectivity index (χ1v) is 3.52. The molecule has 0 fully saturated rings. The number of hydrogen-bond acceptors (Lipinski definition) is 2. The van der Waals surface area contributed by atoms with Gasteiger partial charge in [-0.05, 0) is 12.6 Å². The third-order valence-electron chi connectivity index (χ3n) is 1.48. The van der Waals surface area contributed by atoms with Crippen LogP contribution in [-0.4, -0.2) is 16.3 Å². The highest BCUT2D eigenvalue weighted by Gasteiger charge is 1.94. The van der Waals surface area contributed by atoms with E-state index >= 15 is 0 Å². The van der Waals surface area contributed by atoms with Gasteiger partial charge in [-0.15, -0.1) is 12.4 Å². The summed E-state index contributed by atoms with van der Waals surface area (Å²) in [6.07, 6.45) is 1.81. The van der Waals surface area contributed by atoms with E-state index in [4.69, 9.17) is 0 Å². The standard InChI is InChI=1S/C7H13N3.ClH/c1-3-8-6-7-4-5-9-10(7)2;/h4-5,8H,3,6H2,1-2H3;1H. The van der Waals surface area contributed by atoms with Crippen molar-refractivity contribution in [2.75, 3.05) is 6.54 Å². The zero-order valence-electron chi connectivity index (χ0n) is 6.87. The molecule has 0 bridgehead atoms. The van der Waals surface area contributed by atoms with Gasteiger partial charge in [-0.2, -0.15) is 5.10 Å². The van der Waals surface area contributed by atoms with E-state index < -0.39 is 0 Å². The van der Waals surface area contributed by atoms with Crippen LogP contribution >= 0.6 is 12.4 Å². The molecule has 0 aliphatic rings. The molecule has 4 heteroatoms. The SMILES string of the molecule is CCNCc1ccnn1C.Cl. The predicted molar refractivity (Wildman–Crippen MR) is 47.8 cm³/mol. The van der Waals surface area contributed by atoms with Gasteiger partial charge in [0.25, 0.3) is 0 Å². The van der Waals surface area contributed by atoms with E-state index in [1.165, 1.54) is 5.69 Å². The number of aromatic nitrogens is 2. The van der Waals surface area contributed by atoms with Crippen molar-refractivity contribution < 1.29 is 0 Å². The molecule has 3 nitrogen and oxygen atoms in total. The Morgan fingerprint density at radius 2 is 2.36 bits per heavy atom. The average molecular weight is 176 g/mol. The molecule has 64 valence electrons. The summed E-state index contributed by atoms with van der Waals surface area (Å²) in [6.45, 7) is 4.01. The second-order valence-electron chi connectivity index (χ2n) is 2.23. The van der Waals surface area contributed by atoms with Crippen molar-refractivity contribution in [2.24, 2.45) is 7.05 Å². The molecule has 0 spiro atoms. The molecule has 0 aliphatic heterocycles. The summed E-state index contributed by atoms with van der Waals surface area (Å²) in [5, 5.41) is 7.28. The van der Waals surface area contributed by atoms with E-state index in [0.29, 0.717) is 0 Å². The summed E-state index contributed by atoms with van der Waals surface area (Å²) in [5.74, 6) is 0. The number of halogens is 1. The summed E-state index contributed by atoms with van der Waals surface area (Å²) in [4.78, 5) is 0. The molecule has 0 radical (unpaired) electrons. The molecule has 0 saturated heterocycles.